The summed E-state index contributed by atoms with van der Waals surface area (Å²) in [5, 5.41) is 0. The molecule has 1 saturated carbocycles. The number of amides is 2. The van der Waals surface area contributed by atoms with Crippen LogP contribution in [0.2, 0.25) is 0 Å². The predicted octanol–water partition coefficient (Wildman–Crippen LogP) is 2.54. The van der Waals surface area contributed by atoms with E-state index in [9.17, 15) is 9.59 Å². The summed E-state index contributed by atoms with van der Waals surface area (Å²) < 4.78 is 6.20. The third-order valence-electron chi connectivity index (χ3n) is 6.09. The van der Waals surface area contributed by atoms with Crippen molar-refractivity contribution >= 4 is 23.6 Å². The van der Waals surface area contributed by atoms with Crippen molar-refractivity contribution in [2.45, 2.75) is 57.0 Å². The highest BCUT2D eigenvalue weighted by Crippen LogP contribution is 2.33. The van der Waals surface area contributed by atoms with Gasteiger partial charge in [-0.3, -0.25) is 9.59 Å². The predicted molar refractivity (Wildman–Crippen MR) is 101 cm³/mol. The van der Waals surface area contributed by atoms with Crippen LogP contribution in [0.25, 0.3) is 0 Å². The monoisotopic (exact) mass is 368 g/mol. The van der Waals surface area contributed by atoms with Crippen LogP contribution in [0.5, 0.6) is 0 Å². The lowest BCUT2D eigenvalue weighted by molar-refractivity contribution is -0.139. The Kier molecular flexibility index (Phi) is 6.67. The van der Waals surface area contributed by atoms with E-state index in [0.29, 0.717) is 24.7 Å². The molecule has 1 aliphatic carbocycles. The molecule has 0 aromatic carbocycles. The Morgan fingerprint density at radius 2 is 1.92 bits per heavy atom. The van der Waals surface area contributed by atoms with Crippen molar-refractivity contribution in [2.24, 2.45) is 5.92 Å². The molecule has 3 aliphatic rings. The van der Waals surface area contributed by atoms with Crippen LogP contribution < -0.4 is 0 Å². The maximum Gasteiger partial charge on any atom is 0.232 e. The van der Waals surface area contributed by atoms with E-state index >= 15 is 0 Å². The molecule has 1 spiro atoms. The highest BCUT2D eigenvalue weighted by molar-refractivity contribution is 7.99. The smallest absolute Gasteiger partial charge is 0.232 e. The Labute approximate surface area is 155 Å². The van der Waals surface area contributed by atoms with Crippen LogP contribution >= 0.6 is 11.8 Å². The van der Waals surface area contributed by atoms with Gasteiger partial charge >= 0.3 is 0 Å². The SMILES string of the molecule is CSCC(=O)N1CCC2(CC1)CC(=O)N(CC1CCCCC1)CCO2. The van der Waals surface area contributed by atoms with Gasteiger partial charge in [0.1, 0.15) is 0 Å². The normalized spacial score (nSPS) is 25.2. The molecule has 0 bridgehead atoms. The van der Waals surface area contributed by atoms with Crippen LogP contribution in [0.15, 0.2) is 0 Å². The molecule has 0 atom stereocenters. The molecule has 0 aromatic rings. The fraction of sp³-hybridized carbons (Fsp3) is 0.895. The van der Waals surface area contributed by atoms with Gasteiger partial charge in [0.15, 0.2) is 0 Å². The summed E-state index contributed by atoms with van der Waals surface area (Å²) in [5.74, 6) is 1.69. The molecule has 0 radical (unpaired) electrons. The fourth-order valence-electron chi connectivity index (χ4n) is 4.51. The van der Waals surface area contributed by atoms with Crippen LogP contribution in [0, 0.1) is 5.92 Å². The maximum absolute atomic E-state index is 12.8. The highest BCUT2D eigenvalue weighted by Gasteiger charge is 2.41. The lowest BCUT2D eigenvalue weighted by atomic mass is 9.86. The number of ether oxygens (including phenoxy) is 1. The Hall–Kier alpha value is -0.750. The first-order valence-corrected chi connectivity index (χ1v) is 11.2. The first-order valence-electron chi connectivity index (χ1n) is 9.80. The maximum atomic E-state index is 12.8. The third-order valence-corrected chi connectivity index (χ3v) is 6.63. The van der Waals surface area contributed by atoms with Crippen molar-refractivity contribution in [3.63, 3.8) is 0 Å². The Morgan fingerprint density at radius 1 is 1.20 bits per heavy atom. The topological polar surface area (TPSA) is 49.9 Å². The summed E-state index contributed by atoms with van der Waals surface area (Å²) >= 11 is 1.57. The van der Waals surface area contributed by atoms with E-state index in [1.807, 2.05) is 11.2 Å². The number of hydrogen-bond donors (Lipinski definition) is 0. The summed E-state index contributed by atoms with van der Waals surface area (Å²) in [5.41, 5.74) is -0.339. The highest BCUT2D eigenvalue weighted by atomic mass is 32.2. The van der Waals surface area contributed by atoms with E-state index in [1.54, 1.807) is 11.8 Å². The van der Waals surface area contributed by atoms with Crippen molar-refractivity contribution < 1.29 is 14.3 Å². The van der Waals surface area contributed by atoms with Gasteiger partial charge in [-0.05, 0) is 37.9 Å². The number of nitrogens with zero attached hydrogens (tertiary/aromatic N) is 2. The first kappa shape index (κ1) is 19.0. The molecule has 5 nitrogen and oxygen atoms in total. The second-order valence-electron chi connectivity index (χ2n) is 7.87. The number of hydrogen-bond acceptors (Lipinski definition) is 4. The van der Waals surface area contributed by atoms with E-state index in [0.717, 1.165) is 39.0 Å². The van der Waals surface area contributed by atoms with E-state index in [2.05, 4.69) is 4.90 Å². The molecule has 3 fully saturated rings. The zero-order valence-corrected chi connectivity index (χ0v) is 16.3. The van der Waals surface area contributed by atoms with Gasteiger partial charge < -0.3 is 14.5 Å². The average molecular weight is 369 g/mol. The Balaban J connectivity index is 1.53. The Bertz CT molecular complexity index is 471. The van der Waals surface area contributed by atoms with Gasteiger partial charge in [0, 0.05) is 26.2 Å². The molecule has 3 rings (SSSR count). The van der Waals surface area contributed by atoms with Gasteiger partial charge in [0.05, 0.1) is 24.4 Å². The molecule has 142 valence electrons. The number of carbonyl (C=O) groups is 2. The number of likely N-dealkylation sites (tertiary alicyclic amines) is 1. The molecular weight excluding hydrogens is 336 g/mol. The lowest BCUT2D eigenvalue weighted by Gasteiger charge is -2.40. The zero-order chi connectivity index (χ0) is 17.7. The van der Waals surface area contributed by atoms with Crippen LogP contribution in [0.4, 0.5) is 0 Å². The van der Waals surface area contributed by atoms with Crippen LogP contribution in [0.1, 0.15) is 51.4 Å². The molecule has 0 N–H and O–H groups in total. The third kappa shape index (κ3) is 4.91. The van der Waals surface area contributed by atoms with Crippen molar-refractivity contribution in [1.82, 2.24) is 9.80 Å². The first-order chi connectivity index (χ1) is 12.1. The molecule has 2 aliphatic heterocycles. The van der Waals surface area contributed by atoms with Crippen molar-refractivity contribution in [3.8, 4) is 0 Å². The molecule has 25 heavy (non-hydrogen) atoms. The van der Waals surface area contributed by atoms with Gasteiger partial charge in [-0.15, -0.1) is 0 Å². The van der Waals surface area contributed by atoms with Crippen molar-refractivity contribution in [2.75, 3.05) is 44.8 Å². The van der Waals surface area contributed by atoms with E-state index in [-0.39, 0.29) is 17.4 Å². The minimum absolute atomic E-state index is 0.209. The van der Waals surface area contributed by atoms with Crippen molar-refractivity contribution in [1.29, 1.82) is 0 Å². The summed E-state index contributed by atoms with van der Waals surface area (Å²) in [6.07, 6.45) is 10.5. The largest absolute Gasteiger partial charge is 0.372 e. The average Bonchev–Trinajstić information content (AvgIpc) is 2.76. The second kappa shape index (κ2) is 8.76. The second-order valence-corrected chi connectivity index (χ2v) is 8.73. The summed E-state index contributed by atoms with van der Waals surface area (Å²) in [6, 6.07) is 0. The summed E-state index contributed by atoms with van der Waals surface area (Å²) in [7, 11) is 0. The van der Waals surface area contributed by atoms with Gasteiger partial charge in [0.2, 0.25) is 11.8 Å². The number of rotatable bonds is 4. The van der Waals surface area contributed by atoms with Gasteiger partial charge in [0.25, 0.3) is 0 Å². The number of carbonyl (C=O) groups excluding carboxylic acids is 2. The minimum Gasteiger partial charge on any atom is -0.372 e. The molecule has 2 heterocycles. The van der Waals surface area contributed by atoms with Gasteiger partial charge in [-0.25, -0.2) is 0 Å². The molecular formula is C19H32N2O3S. The number of piperidine rings is 1. The summed E-state index contributed by atoms with van der Waals surface area (Å²) in [4.78, 5) is 28.9. The van der Waals surface area contributed by atoms with Crippen LogP contribution in [-0.2, 0) is 14.3 Å². The zero-order valence-electron chi connectivity index (χ0n) is 15.5. The summed E-state index contributed by atoms with van der Waals surface area (Å²) in [6.45, 7) is 3.71. The van der Waals surface area contributed by atoms with E-state index in [1.165, 1.54) is 32.1 Å². The van der Waals surface area contributed by atoms with Crippen LogP contribution in [0.3, 0.4) is 0 Å². The van der Waals surface area contributed by atoms with Crippen LogP contribution in [-0.4, -0.2) is 72.0 Å². The molecule has 0 aromatic heterocycles. The number of thioether (sulfide) groups is 1. The fourth-order valence-corrected chi connectivity index (χ4v) is 4.94. The molecule has 2 saturated heterocycles. The molecule has 2 amide bonds. The van der Waals surface area contributed by atoms with Crippen molar-refractivity contribution in [3.05, 3.63) is 0 Å². The van der Waals surface area contributed by atoms with Gasteiger partial charge in [-0.1, -0.05) is 19.3 Å². The van der Waals surface area contributed by atoms with E-state index < -0.39 is 0 Å². The standard InChI is InChI=1S/C19H32N2O3S/c1-25-15-18(23)20-9-7-19(8-10-20)13-17(22)21(11-12-24-19)14-16-5-3-2-4-6-16/h16H,2-15H2,1H3. The van der Waals surface area contributed by atoms with Gasteiger partial charge in [-0.2, -0.15) is 11.8 Å². The van der Waals surface area contributed by atoms with E-state index in [4.69, 9.17) is 4.74 Å². The Morgan fingerprint density at radius 3 is 2.60 bits per heavy atom. The molecule has 6 heteroatoms. The lowest BCUT2D eigenvalue weighted by Crippen LogP contribution is -2.49. The minimum atomic E-state index is -0.339. The molecule has 0 unspecified atom stereocenters. The quantitative estimate of drug-likeness (QED) is 0.765.